The molecule has 1 aromatic carbocycles. The first-order valence-corrected chi connectivity index (χ1v) is 5.22. The molecule has 0 heterocycles. The van der Waals surface area contributed by atoms with E-state index in [1.807, 2.05) is 19.2 Å². The van der Waals surface area contributed by atoms with Crippen LogP contribution in [0.15, 0.2) is 24.3 Å². The van der Waals surface area contributed by atoms with Gasteiger partial charge in [0.25, 0.3) is 0 Å². The van der Waals surface area contributed by atoms with Gasteiger partial charge < -0.3 is 5.32 Å². The topological polar surface area (TPSA) is 12.0 Å². The van der Waals surface area contributed by atoms with Crippen LogP contribution in [-0.4, -0.2) is 13.6 Å². The Kier molecular flexibility index (Phi) is 2.82. The van der Waals surface area contributed by atoms with Crippen molar-refractivity contribution in [2.45, 2.75) is 18.8 Å². The first-order valence-electron chi connectivity index (χ1n) is 5.22. The third-order valence-corrected chi connectivity index (χ3v) is 3.19. The first kappa shape index (κ1) is 9.66. The highest BCUT2D eigenvalue weighted by atomic mass is 19.1. The van der Waals surface area contributed by atoms with E-state index in [1.54, 1.807) is 12.1 Å². The molecule has 76 valence electrons. The number of hydrogen-bond donors (Lipinski definition) is 1. The first-order chi connectivity index (χ1) is 6.83. The Bertz CT molecular complexity index is 311. The van der Waals surface area contributed by atoms with E-state index >= 15 is 0 Å². The number of hydrogen-bond acceptors (Lipinski definition) is 1. The Morgan fingerprint density at radius 3 is 2.71 bits per heavy atom. The van der Waals surface area contributed by atoms with Crippen molar-refractivity contribution < 1.29 is 4.39 Å². The molecule has 0 saturated heterocycles. The molecule has 1 aliphatic carbocycles. The molecule has 1 nitrogen and oxygen atoms in total. The molecule has 2 unspecified atom stereocenters. The molecule has 0 bridgehead atoms. The van der Waals surface area contributed by atoms with E-state index in [0.717, 1.165) is 18.5 Å². The molecule has 1 aliphatic rings. The summed E-state index contributed by atoms with van der Waals surface area (Å²) >= 11 is 0. The summed E-state index contributed by atoms with van der Waals surface area (Å²) < 4.78 is 13.5. The van der Waals surface area contributed by atoms with Gasteiger partial charge >= 0.3 is 0 Å². The van der Waals surface area contributed by atoms with E-state index in [9.17, 15) is 4.39 Å². The quantitative estimate of drug-likeness (QED) is 0.778. The van der Waals surface area contributed by atoms with Gasteiger partial charge in [-0.05, 0) is 49.9 Å². The van der Waals surface area contributed by atoms with Crippen molar-refractivity contribution in [2.75, 3.05) is 13.6 Å². The normalized spacial score (nSPS) is 25.9. The zero-order valence-corrected chi connectivity index (χ0v) is 8.46. The summed E-state index contributed by atoms with van der Waals surface area (Å²) in [6.45, 7) is 0.999. The van der Waals surface area contributed by atoms with Gasteiger partial charge in [0, 0.05) is 0 Å². The third-order valence-electron chi connectivity index (χ3n) is 3.19. The van der Waals surface area contributed by atoms with E-state index in [0.29, 0.717) is 11.8 Å². The number of benzene rings is 1. The molecule has 0 aromatic heterocycles. The average Bonchev–Trinajstić information content (AvgIpc) is 2.16. The molecule has 2 atom stereocenters. The highest BCUT2D eigenvalue weighted by Crippen LogP contribution is 2.42. The summed E-state index contributed by atoms with van der Waals surface area (Å²) in [5, 5.41) is 3.17. The van der Waals surface area contributed by atoms with E-state index < -0.39 is 0 Å². The van der Waals surface area contributed by atoms with Crippen LogP contribution in [0.5, 0.6) is 0 Å². The van der Waals surface area contributed by atoms with Crippen molar-refractivity contribution in [1.29, 1.82) is 0 Å². The molecule has 0 spiro atoms. The van der Waals surface area contributed by atoms with Gasteiger partial charge in [-0.1, -0.05) is 18.2 Å². The minimum Gasteiger partial charge on any atom is -0.319 e. The maximum atomic E-state index is 13.5. The predicted octanol–water partition coefficient (Wildman–Crippen LogP) is 2.54. The molecular weight excluding hydrogens is 177 g/mol. The van der Waals surface area contributed by atoms with Crippen LogP contribution in [0.25, 0.3) is 0 Å². The van der Waals surface area contributed by atoms with Gasteiger partial charge in [-0.3, -0.25) is 0 Å². The Morgan fingerprint density at radius 1 is 1.36 bits per heavy atom. The summed E-state index contributed by atoms with van der Waals surface area (Å²) in [5.74, 6) is 1.01. The van der Waals surface area contributed by atoms with Crippen LogP contribution in [0, 0.1) is 11.7 Å². The lowest BCUT2D eigenvalue weighted by Gasteiger charge is -2.37. The van der Waals surface area contributed by atoms with E-state index in [1.165, 1.54) is 6.42 Å². The maximum absolute atomic E-state index is 13.5. The summed E-state index contributed by atoms with van der Waals surface area (Å²) in [7, 11) is 1.96. The van der Waals surface area contributed by atoms with E-state index in [-0.39, 0.29) is 5.82 Å². The second-order valence-corrected chi connectivity index (χ2v) is 4.02. The van der Waals surface area contributed by atoms with Gasteiger partial charge in [0.1, 0.15) is 5.82 Å². The lowest BCUT2D eigenvalue weighted by molar-refractivity contribution is 0.245. The molecule has 2 rings (SSSR count). The van der Waals surface area contributed by atoms with Crippen molar-refractivity contribution in [3.8, 4) is 0 Å². The second kappa shape index (κ2) is 4.09. The van der Waals surface area contributed by atoms with Crippen LogP contribution in [0.2, 0.25) is 0 Å². The standard InChI is InChI=1S/C12H16FN/c1-14-8-9-6-7-10(9)11-4-2-3-5-12(11)13/h2-5,9-10,14H,6-8H2,1H3. The Hall–Kier alpha value is -0.890. The van der Waals surface area contributed by atoms with Gasteiger partial charge in [0.2, 0.25) is 0 Å². The zero-order chi connectivity index (χ0) is 9.97. The zero-order valence-electron chi connectivity index (χ0n) is 8.46. The van der Waals surface area contributed by atoms with Crippen LogP contribution < -0.4 is 5.32 Å². The van der Waals surface area contributed by atoms with Crippen LogP contribution >= 0.6 is 0 Å². The smallest absolute Gasteiger partial charge is 0.126 e. The number of rotatable bonds is 3. The average molecular weight is 193 g/mol. The van der Waals surface area contributed by atoms with Crippen molar-refractivity contribution in [2.24, 2.45) is 5.92 Å². The molecule has 1 fully saturated rings. The van der Waals surface area contributed by atoms with Gasteiger partial charge in [-0.15, -0.1) is 0 Å². The van der Waals surface area contributed by atoms with Crippen molar-refractivity contribution >= 4 is 0 Å². The fourth-order valence-corrected chi connectivity index (χ4v) is 2.26. The number of halogens is 1. The molecule has 0 radical (unpaired) electrons. The van der Waals surface area contributed by atoms with Crippen LogP contribution in [0.1, 0.15) is 24.3 Å². The van der Waals surface area contributed by atoms with Crippen LogP contribution in [0.4, 0.5) is 4.39 Å². The Morgan fingerprint density at radius 2 is 2.14 bits per heavy atom. The molecule has 2 heteroatoms. The Labute approximate surface area is 84.3 Å². The fourth-order valence-electron chi connectivity index (χ4n) is 2.26. The molecular formula is C12H16FN. The third kappa shape index (κ3) is 1.67. The summed E-state index contributed by atoms with van der Waals surface area (Å²) in [6, 6.07) is 7.16. The fraction of sp³-hybridized carbons (Fsp3) is 0.500. The molecule has 0 amide bonds. The van der Waals surface area contributed by atoms with Gasteiger partial charge in [-0.2, -0.15) is 0 Å². The highest BCUT2D eigenvalue weighted by Gasteiger charge is 2.32. The predicted molar refractivity (Wildman–Crippen MR) is 55.8 cm³/mol. The maximum Gasteiger partial charge on any atom is 0.126 e. The molecule has 1 aromatic rings. The van der Waals surface area contributed by atoms with Gasteiger partial charge in [0.15, 0.2) is 0 Å². The SMILES string of the molecule is CNCC1CCC1c1ccccc1F. The molecule has 1 N–H and O–H groups in total. The van der Waals surface area contributed by atoms with E-state index in [2.05, 4.69) is 5.32 Å². The summed E-state index contributed by atoms with van der Waals surface area (Å²) in [6.07, 6.45) is 2.35. The minimum absolute atomic E-state index is 0.0432. The van der Waals surface area contributed by atoms with Crippen LogP contribution in [-0.2, 0) is 0 Å². The largest absolute Gasteiger partial charge is 0.319 e. The van der Waals surface area contributed by atoms with Gasteiger partial charge in [0.05, 0.1) is 0 Å². The molecule has 1 saturated carbocycles. The number of nitrogens with one attached hydrogen (secondary N) is 1. The summed E-state index contributed by atoms with van der Waals surface area (Å²) in [4.78, 5) is 0. The molecule has 0 aliphatic heterocycles. The van der Waals surface area contributed by atoms with Crippen molar-refractivity contribution in [3.63, 3.8) is 0 Å². The lowest BCUT2D eigenvalue weighted by atomic mass is 9.70. The van der Waals surface area contributed by atoms with Gasteiger partial charge in [-0.25, -0.2) is 4.39 Å². The molecule has 14 heavy (non-hydrogen) atoms. The lowest BCUT2D eigenvalue weighted by Crippen LogP contribution is -2.32. The summed E-state index contributed by atoms with van der Waals surface area (Å²) in [5.41, 5.74) is 0.902. The minimum atomic E-state index is -0.0432. The highest BCUT2D eigenvalue weighted by molar-refractivity contribution is 5.24. The second-order valence-electron chi connectivity index (χ2n) is 4.02. The Balaban J connectivity index is 2.12. The van der Waals surface area contributed by atoms with Crippen molar-refractivity contribution in [3.05, 3.63) is 35.6 Å². The van der Waals surface area contributed by atoms with Crippen LogP contribution in [0.3, 0.4) is 0 Å². The van der Waals surface area contributed by atoms with E-state index in [4.69, 9.17) is 0 Å². The van der Waals surface area contributed by atoms with Crippen molar-refractivity contribution in [1.82, 2.24) is 5.32 Å². The monoisotopic (exact) mass is 193 g/mol.